The van der Waals surface area contributed by atoms with E-state index >= 15 is 0 Å². The lowest BCUT2D eigenvalue weighted by Crippen LogP contribution is -2.46. The second kappa shape index (κ2) is 9.64. The van der Waals surface area contributed by atoms with Crippen LogP contribution in [0.25, 0.3) is 10.4 Å². The van der Waals surface area contributed by atoms with E-state index in [1.54, 1.807) is 0 Å². The minimum atomic E-state index is -0.602. The van der Waals surface area contributed by atoms with Crippen LogP contribution >= 0.6 is 0 Å². The molecule has 0 aliphatic carbocycles. The van der Waals surface area contributed by atoms with Gasteiger partial charge in [-0.15, -0.1) is 0 Å². The van der Waals surface area contributed by atoms with Crippen LogP contribution in [-0.4, -0.2) is 23.8 Å². The Bertz CT molecular complexity index is 766. The standard InChI is InChI=1S/C21H26N4O2/c1-21(2,3)27-20(26)23-18(14-16-10-6-4-7-11-16)19(24-25-22)15-17-12-8-5-9-13-17/h4-13,18-19H,14-15H2,1-3H3,(H,23,26)/t18-,19+/m1/s1. The van der Waals surface area contributed by atoms with Crippen molar-refractivity contribution in [1.29, 1.82) is 0 Å². The predicted molar refractivity (Wildman–Crippen MR) is 106 cm³/mol. The maximum absolute atomic E-state index is 12.4. The minimum Gasteiger partial charge on any atom is -0.444 e. The number of nitrogens with one attached hydrogen (secondary N) is 1. The molecule has 0 radical (unpaired) electrons. The number of ether oxygens (including phenoxy) is 1. The fourth-order valence-corrected chi connectivity index (χ4v) is 2.80. The Labute approximate surface area is 160 Å². The average Bonchev–Trinajstić information content (AvgIpc) is 2.61. The maximum Gasteiger partial charge on any atom is 0.407 e. The number of hydrogen-bond acceptors (Lipinski definition) is 3. The van der Waals surface area contributed by atoms with Crippen LogP contribution in [0.3, 0.4) is 0 Å². The molecule has 0 spiro atoms. The molecule has 2 rings (SSSR count). The highest BCUT2D eigenvalue weighted by Crippen LogP contribution is 2.16. The van der Waals surface area contributed by atoms with Gasteiger partial charge in [0, 0.05) is 11.0 Å². The van der Waals surface area contributed by atoms with Crippen LogP contribution in [-0.2, 0) is 17.6 Å². The Hall–Kier alpha value is -2.98. The normalized spacial score (nSPS) is 13.1. The Morgan fingerprint density at radius 3 is 2.04 bits per heavy atom. The van der Waals surface area contributed by atoms with E-state index in [2.05, 4.69) is 15.3 Å². The van der Waals surface area contributed by atoms with Gasteiger partial charge >= 0.3 is 6.09 Å². The third kappa shape index (κ3) is 7.42. The van der Waals surface area contributed by atoms with Crippen LogP contribution in [0, 0.1) is 0 Å². The van der Waals surface area contributed by atoms with E-state index in [-0.39, 0.29) is 0 Å². The van der Waals surface area contributed by atoms with E-state index in [0.29, 0.717) is 12.8 Å². The Morgan fingerprint density at radius 1 is 1.04 bits per heavy atom. The van der Waals surface area contributed by atoms with Crippen molar-refractivity contribution in [1.82, 2.24) is 5.32 Å². The lowest BCUT2D eigenvalue weighted by molar-refractivity contribution is 0.0496. The molecule has 0 saturated carbocycles. The summed E-state index contributed by atoms with van der Waals surface area (Å²) < 4.78 is 5.40. The molecule has 0 unspecified atom stereocenters. The third-order valence-corrected chi connectivity index (χ3v) is 3.95. The molecule has 0 aromatic heterocycles. The molecule has 1 N–H and O–H groups in total. The van der Waals surface area contributed by atoms with Crippen LogP contribution in [0.1, 0.15) is 31.9 Å². The highest BCUT2D eigenvalue weighted by atomic mass is 16.6. The van der Waals surface area contributed by atoms with Gasteiger partial charge in [0.25, 0.3) is 0 Å². The van der Waals surface area contributed by atoms with E-state index in [9.17, 15) is 4.79 Å². The minimum absolute atomic E-state index is 0.390. The van der Waals surface area contributed by atoms with E-state index in [1.165, 1.54) is 0 Å². The largest absolute Gasteiger partial charge is 0.444 e. The molecule has 0 aliphatic heterocycles. The molecule has 6 heteroatoms. The van der Waals surface area contributed by atoms with E-state index in [4.69, 9.17) is 10.3 Å². The van der Waals surface area contributed by atoms with Gasteiger partial charge in [0.15, 0.2) is 0 Å². The summed E-state index contributed by atoms with van der Waals surface area (Å²) in [5.74, 6) is 0. The average molecular weight is 366 g/mol. The first kappa shape index (κ1) is 20.3. The number of carbonyl (C=O) groups is 1. The van der Waals surface area contributed by atoms with Crippen LogP contribution in [0.2, 0.25) is 0 Å². The van der Waals surface area contributed by atoms with Crippen molar-refractivity contribution in [2.45, 2.75) is 51.3 Å². The van der Waals surface area contributed by atoms with Gasteiger partial charge in [-0.3, -0.25) is 0 Å². The predicted octanol–water partition coefficient (Wildman–Crippen LogP) is 5.04. The molecule has 142 valence electrons. The summed E-state index contributed by atoms with van der Waals surface area (Å²) in [5, 5.41) is 6.88. The molecule has 0 aliphatic rings. The molecule has 27 heavy (non-hydrogen) atoms. The molecular weight excluding hydrogens is 340 g/mol. The molecule has 0 bridgehead atoms. The van der Waals surface area contributed by atoms with Crippen molar-refractivity contribution >= 4 is 6.09 Å². The molecule has 0 fully saturated rings. The fourth-order valence-electron chi connectivity index (χ4n) is 2.80. The van der Waals surface area contributed by atoms with Gasteiger partial charge < -0.3 is 10.1 Å². The monoisotopic (exact) mass is 366 g/mol. The summed E-state index contributed by atoms with van der Waals surface area (Å²) in [6.45, 7) is 5.44. The number of alkyl carbamates (subject to hydrolysis) is 1. The number of azide groups is 1. The van der Waals surface area contributed by atoms with Gasteiger partial charge in [-0.2, -0.15) is 0 Å². The number of benzene rings is 2. The van der Waals surface area contributed by atoms with Crippen LogP contribution in [0.15, 0.2) is 65.8 Å². The summed E-state index contributed by atoms with van der Waals surface area (Å²) in [4.78, 5) is 15.4. The summed E-state index contributed by atoms with van der Waals surface area (Å²) in [6.07, 6.45) is 0.545. The number of nitrogens with zero attached hydrogens (tertiary/aromatic N) is 3. The smallest absolute Gasteiger partial charge is 0.407 e. The quantitative estimate of drug-likeness (QED) is 0.422. The molecule has 2 atom stereocenters. The molecule has 2 aromatic carbocycles. The fraction of sp³-hybridized carbons (Fsp3) is 0.381. The van der Waals surface area contributed by atoms with Crippen molar-refractivity contribution < 1.29 is 9.53 Å². The molecule has 2 aromatic rings. The SMILES string of the molecule is CC(C)(C)OC(=O)N[C@H](Cc1ccccc1)[C@H](Cc1ccccc1)N=[N+]=[N-]. The second-order valence-electron chi connectivity index (χ2n) is 7.40. The van der Waals surface area contributed by atoms with Gasteiger partial charge in [0.2, 0.25) is 0 Å². The summed E-state index contributed by atoms with van der Waals surface area (Å²) >= 11 is 0. The van der Waals surface area contributed by atoms with Gasteiger partial charge in [-0.1, -0.05) is 65.8 Å². The first-order valence-electron chi connectivity index (χ1n) is 8.99. The zero-order valence-electron chi connectivity index (χ0n) is 16.0. The van der Waals surface area contributed by atoms with Crippen molar-refractivity contribution in [3.05, 3.63) is 82.2 Å². The first-order valence-corrected chi connectivity index (χ1v) is 8.99. The highest BCUT2D eigenvalue weighted by molar-refractivity contribution is 5.68. The summed E-state index contributed by atoms with van der Waals surface area (Å²) in [7, 11) is 0. The van der Waals surface area contributed by atoms with Crippen LogP contribution < -0.4 is 5.32 Å². The summed E-state index contributed by atoms with van der Waals surface area (Å²) in [5.41, 5.74) is 10.5. The zero-order chi connectivity index (χ0) is 19.7. The highest BCUT2D eigenvalue weighted by Gasteiger charge is 2.26. The van der Waals surface area contributed by atoms with Crippen molar-refractivity contribution in [2.24, 2.45) is 5.11 Å². The Balaban J connectivity index is 2.23. The number of amides is 1. The topological polar surface area (TPSA) is 87.1 Å². The first-order chi connectivity index (χ1) is 12.9. The summed E-state index contributed by atoms with van der Waals surface area (Å²) in [6, 6.07) is 18.7. The second-order valence-corrected chi connectivity index (χ2v) is 7.40. The lowest BCUT2D eigenvalue weighted by atomic mass is 9.95. The Morgan fingerprint density at radius 2 is 1.56 bits per heavy atom. The van der Waals surface area contributed by atoms with Gasteiger partial charge in [0.05, 0.1) is 6.04 Å². The molecule has 1 amide bonds. The Kier molecular flexibility index (Phi) is 7.26. The van der Waals surface area contributed by atoms with E-state index in [0.717, 1.165) is 11.1 Å². The van der Waals surface area contributed by atoms with Crippen LogP contribution in [0.4, 0.5) is 4.79 Å². The van der Waals surface area contributed by atoms with Gasteiger partial charge in [0.1, 0.15) is 5.60 Å². The van der Waals surface area contributed by atoms with Crippen molar-refractivity contribution in [2.75, 3.05) is 0 Å². The van der Waals surface area contributed by atoms with E-state index in [1.807, 2.05) is 81.4 Å². The van der Waals surface area contributed by atoms with Gasteiger partial charge in [-0.05, 0) is 50.3 Å². The van der Waals surface area contributed by atoms with Gasteiger partial charge in [-0.25, -0.2) is 4.79 Å². The van der Waals surface area contributed by atoms with Crippen molar-refractivity contribution in [3.8, 4) is 0 Å². The lowest BCUT2D eigenvalue weighted by Gasteiger charge is -2.27. The number of rotatable bonds is 7. The van der Waals surface area contributed by atoms with E-state index < -0.39 is 23.8 Å². The van der Waals surface area contributed by atoms with Crippen LogP contribution in [0.5, 0.6) is 0 Å². The number of carbonyl (C=O) groups excluding carboxylic acids is 1. The molecular formula is C21H26N4O2. The molecule has 0 heterocycles. The number of hydrogen-bond donors (Lipinski definition) is 1. The zero-order valence-corrected chi connectivity index (χ0v) is 16.0. The molecule has 0 saturated heterocycles. The maximum atomic E-state index is 12.4. The molecule has 6 nitrogen and oxygen atoms in total. The van der Waals surface area contributed by atoms with Crippen molar-refractivity contribution in [3.63, 3.8) is 0 Å². The third-order valence-electron chi connectivity index (χ3n) is 3.95.